The van der Waals surface area contributed by atoms with Crippen molar-refractivity contribution in [2.75, 3.05) is 13.2 Å². The van der Waals surface area contributed by atoms with Gasteiger partial charge in [0.25, 0.3) is 0 Å². The number of benzene rings is 1. The molecule has 1 aromatic heterocycles. The van der Waals surface area contributed by atoms with Crippen LogP contribution in [0.15, 0.2) is 30.5 Å². The zero-order valence-corrected chi connectivity index (χ0v) is 9.32. The lowest BCUT2D eigenvalue weighted by Crippen LogP contribution is -2.28. The molecule has 0 spiro atoms. The molecular formula is C13H15NO2. The van der Waals surface area contributed by atoms with Gasteiger partial charge in [-0.3, -0.25) is 0 Å². The Hall–Kier alpha value is -1.32. The minimum atomic E-state index is -0.453. The van der Waals surface area contributed by atoms with Gasteiger partial charge in [-0.15, -0.1) is 0 Å². The van der Waals surface area contributed by atoms with Gasteiger partial charge >= 0.3 is 0 Å². The minimum Gasteiger partial charge on any atom is -0.361 e. The van der Waals surface area contributed by atoms with E-state index in [1.54, 1.807) is 0 Å². The molecule has 0 bridgehead atoms. The number of nitrogens with one attached hydrogen (secondary N) is 1. The van der Waals surface area contributed by atoms with Gasteiger partial charge in [-0.1, -0.05) is 18.2 Å². The first-order valence-corrected chi connectivity index (χ1v) is 5.60. The highest BCUT2D eigenvalue weighted by atomic mass is 16.7. The third-order valence-electron chi connectivity index (χ3n) is 3.08. The summed E-state index contributed by atoms with van der Waals surface area (Å²) in [7, 11) is 0. The molecule has 3 rings (SSSR count). The number of para-hydroxylation sites is 1. The molecule has 2 aromatic rings. The normalized spacial score (nSPS) is 19.3. The fourth-order valence-corrected chi connectivity index (χ4v) is 2.28. The van der Waals surface area contributed by atoms with E-state index in [1.165, 1.54) is 16.5 Å². The second-order valence-electron chi connectivity index (χ2n) is 4.37. The monoisotopic (exact) mass is 217 g/mol. The van der Waals surface area contributed by atoms with Crippen LogP contribution in [0, 0.1) is 0 Å². The molecule has 0 atom stereocenters. The molecule has 0 aliphatic carbocycles. The molecule has 2 heterocycles. The van der Waals surface area contributed by atoms with E-state index in [9.17, 15) is 0 Å². The zero-order valence-electron chi connectivity index (χ0n) is 9.32. The SMILES string of the molecule is CC1(Cc2c[nH]c3ccccc23)OCCO1. The number of fused-ring (bicyclic) bond motifs is 1. The highest BCUT2D eigenvalue weighted by Crippen LogP contribution is 2.27. The molecule has 1 aromatic carbocycles. The molecule has 1 aliphatic heterocycles. The molecule has 1 saturated heterocycles. The molecule has 3 nitrogen and oxygen atoms in total. The van der Waals surface area contributed by atoms with E-state index in [4.69, 9.17) is 9.47 Å². The van der Waals surface area contributed by atoms with E-state index >= 15 is 0 Å². The van der Waals surface area contributed by atoms with Crippen molar-refractivity contribution in [1.29, 1.82) is 0 Å². The summed E-state index contributed by atoms with van der Waals surface area (Å²) in [6.07, 6.45) is 2.83. The maximum atomic E-state index is 5.63. The Bertz CT molecular complexity index is 497. The summed E-state index contributed by atoms with van der Waals surface area (Å²) in [5.74, 6) is -0.453. The molecule has 1 N–H and O–H groups in total. The smallest absolute Gasteiger partial charge is 0.169 e. The van der Waals surface area contributed by atoms with Crippen LogP contribution in [0.5, 0.6) is 0 Å². The predicted octanol–water partition coefficient (Wildman–Crippen LogP) is 2.47. The van der Waals surface area contributed by atoms with Crippen LogP contribution in [-0.2, 0) is 15.9 Å². The number of rotatable bonds is 2. The van der Waals surface area contributed by atoms with E-state index in [2.05, 4.69) is 23.2 Å². The third-order valence-corrected chi connectivity index (χ3v) is 3.08. The maximum absolute atomic E-state index is 5.63. The Morgan fingerprint density at radius 3 is 2.81 bits per heavy atom. The summed E-state index contributed by atoms with van der Waals surface area (Å²) in [4.78, 5) is 3.27. The molecule has 84 valence electrons. The predicted molar refractivity (Wildman–Crippen MR) is 62.3 cm³/mol. The fraction of sp³-hybridized carbons (Fsp3) is 0.385. The largest absolute Gasteiger partial charge is 0.361 e. The quantitative estimate of drug-likeness (QED) is 0.838. The highest BCUT2D eigenvalue weighted by Gasteiger charge is 2.31. The van der Waals surface area contributed by atoms with Gasteiger partial charge < -0.3 is 14.5 Å². The molecule has 0 unspecified atom stereocenters. The van der Waals surface area contributed by atoms with Crippen LogP contribution in [0.25, 0.3) is 10.9 Å². The van der Waals surface area contributed by atoms with Crippen molar-refractivity contribution in [2.24, 2.45) is 0 Å². The highest BCUT2D eigenvalue weighted by molar-refractivity contribution is 5.83. The van der Waals surface area contributed by atoms with E-state index in [0.717, 1.165) is 6.42 Å². The number of aromatic nitrogens is 1. The summed E-state index contributed by atoms with van der Waals surface area (Å²) >= 11 is 0. The second kappa shape index (κ2) is 3.61. The maximum Gasteiger partial charge on any atom is 0.169 e. The Kier molecular flexibility index (Phi) is 2.23. The first-order chi connectivity index (χ1) is 7.77. The Balaban J connectivity index is 1.94. The topological polar surface area (TPSA) is 34.2 Å². The van der Waals surface area contributed by atoms with Crippen molar-refractivity contribution >= 4 is 10.9 Å². The van der Waals surface area contributed by atoms with Crippen LogP contribution < -0.4 is 0 Å². The van der Waals surface area contributed by atoms with Gasteiger partial charge in [-0.25, -0.2) is 0 Å². The lowest BCUT2D eigenvalue weighted by Gasteiger charge is -2.21. The zero-order chi connectivity index (χ0) is 11.0. The summed E-state index contributed by atoms with van der Waals surface area (Å²) < 4.78 is 11.3. The lowest BCUT2D eigenvalue weighted by molar-refractivity contribution is -0.140. The van der Waals surface area contributed by atoms with Crippen molar-refractivity contribution < 1.29 is 9.47 Å². The van der Waals surface area contributed by atoms with Gasteiger partial charge in [0.15, 0.2) is 5.79 Å². The van der Waals surface area contributed by atoms with Crippen LogP contribution >= 0.6 is 0 Å². The van der Waals surface area contributed by atoms with Crippen molar-refractivity contribution in [3.63, 3.8) is 0 Å². The fourth-order valence-electron chi connectivity index (χ4n) is 2.28. The van der Waals surface area contributed by atoms with Crippen molar-refractivity contribution in [2.45, 2.75) is 19.1 Å². The van der Waals surface area contributed by atoms with Gasteiger partial charge in [0.05, 0.1) is 13.2 Å². The van der Waals surface area contributed by atoms with E-state index < -0.39 is 5.79 Å². The third kappa shape index (κ3) is 1.62. The van der Waals surface area contributed by atoms with Crippen LogP contribution in [-0.4, -0.2) is 24.0 Å². The van der Waals surface area contributed by atoms with Gasteiger partial charge in [0.1, 0.15) is 0 Å². The van der Waals surface area contributed by atoms with Crippen LogP contribution in [0.2, 0.25) is 0 Å². The van der Waals surface area contributed by atoms with Crippen LogP contribution in [0.3, 0.4) is 0 Å². The van der Waals surface area contributed by atoms with E-state index in [-0.39, 0.29) is 0 Å². The van der Waals surface area contributed by atoms with E-state index in [0.29, 0.717) is 13.2 Å². The van der Waals surface area contributed by atoms with Crippen molar-refractivity contribution in [3.05, 3.63) is 36.0 Å². The summed E-state index contributed by atoms with van der Waals surface area (Å²) in [5.41, 5.74) is 2.42. The minimum absolute atomic E-state index is 0.453. The number of hydrogen-bond acceptors (Lipinski definition) is 2. The average Bonchev–Trinajstić information content (AvgIpc) is 2.87. The van der Waals surface area contributed by atoms with Gasteiger partial charge in [-0.05, 0) is 18.6 Å². The van der Waals surface area contributed by atoms with Crippen LogP contribution in [0.4, 0.5) is 0 Å². The number of aromatic amines is 1. The Morgan fingerprint density at radius 2 is 2.00 bits per heavy atom. The van der Waals surface area contributed by atoms with Gasteiger partial charge in [0, 0.05) is 23.5 Å². The van der Waals surface area contributed by atoms with Crippen molar-refractivity contribution in [3.8, 4) is 0 Å². The molecule has 0 saturated carbocycles. The first kappa shape index (κ1) is 9.87. The molecule has 3 heteroatoms. The Labute approximate surface area is 94.4 Å². The molecular weight excluding hydrogens is 202 g/mol. The molecule has 1 fully saturated rings. The van der Waals surface area contributed by atoms with Crippen molar-refractivity contribution in [1.82, 2.24) is 4.98 Å². The average molecular weight is 217 g/mol. The molecule has 1 aliphatic rings. The first-order valence-electron chi connectivity index (χ1n) is 5.60. The standard InChI is InChI=1S/C13H15NO2/c1-13(15-6-7-16-13)8-10-9-14-12-5-3-2-4-11(10)12/h2-5,9,14H,6-8H2,1H3. The lowest BCUT2D eigenvalue weighted by atomic mass is 10.1. The summed E-state index contributed by atoms with van der Waals surface area (Å²) in [5, 5.41) is 1.25. The molecule has 0 amide bonds. The molecule has 0 radical (unpaired) electrons. The number of hydrogen-bond donors (Lipinski definition) is 1. The second-order valence-corrected chi connectivity index (χ2v) is 4.37. The summed E-state index contributed by atoms with van der Waals surface area (Å²) in [6.45, 7) is 3.39. The summed E-state index contributed by atoms with van der Waals surface area (Å²) in [6, 6.07) is 8.29. The molecule has 16 heavy (non-hydrogen) atoms. The van der Waals surface area contributed by atoms with E-state index in [1.807, 2.05) is 19.2 Å². The Morgan fingerprint density at radius 1 is 1.25 bits per heavy atom. The van der Waals surface area contributed by atoms with Crippen LogP contribution in [0.1, 0.15) is 12.5 Å². The van der Waals surface area contributed by atoms with Gasteiger partial charge in [-0.2, -0.15) is 0 Å². The number of ether oxygens (including phenoxy) is 2. The number of H-pyrrole nitrogens is 1. The van der Waals surface area contributed by atoms with Gasteiger partial charge in [0.2, 0.25) is 0 Å².